The number of ether oxygens (including phenoxy) is 1. The van der Waals surface area contributed by atoms with E-state index >= 15 is 0 Å². The minimum absolute atomic E-state index is 0. The molecule has 4 N–H and O–H groups in total. The van der Waals surface area contributed by atoms with E-state index < -0.39 is 10.8 Å². The second-order valence-electron chi connectivity index (χ2n) is 6.00. The number of nitro groups is 1. The fraction of sp³-hybridized carbons (Fsp3) is 0.0476. The predicted octanol–water partition coefficient (Wildman–Crippen LogP) is 2.82. The molecule has 0 spiro atoms. The molecule has 0 aliphatic heterocycles. The Morgan fingerprint density at radius 2 is 1.80 bits per heavy atom. The summed E-state index contributed by atoms with van der Waals surface area (Å²) in [6.07, 6.45) is 1.29. The molecule has 0 aromatic heterocycles. The maximum absolute atomic E-state index is 12.0. The first-order chi connectivity index (χ1) is 14.0. The van der Waals surface area contributed by atoms with Crippen LogP contribution in [0.15, 0.2) is 77.9 Å². The Kier molecular flexibility index (Phi) is 7.60. The van der Waals surface area contributed by atoms with Crippen molar-refractivity contribution in [1.29, 1.82) is 0 Å². The summed E-state index contributed by atoms with van der Waals surface area (Å²) in [4.78, 5) is 22.1. The van der Waals surface area contributed by atoms with Crippen LogP contribution in [0.25, 0.3) is 0 Å². The standard InChI is InChI=1S/C21H17N3O5.H2O/c25-20-12-19(29-14-15-4-2-1-3-5-15)11-8-17(20)13-22-23-21(26)16-6-9-18(10-7-16)24(27)28;/h1-13,25H,14H2,(H,23,26);1H2/b22-13+;. The Morgan fingerprint density at radius 1 is 1.10 bits per heavy atom. The summed E-state index contributed by atoms with van der Waals surface area (Å²) in [6.45, 7) is 0.374. The number of carbonyl (C=O) groups excluding carboxylic acids is 1. The van der Waals surface area contributed by atoms with E-state index in [9.17, 15) is 20.0 Å². The Morgan fingerprint density at radius 3 is 2.43 bits per heavy atom. The number of hydrazone groups is 1. The van der Waals surface area contributed by atoms with Crippen molar-refractivity contribution in [1.82, 2.24) is 5.43 Å². The number of phenols is 1. The van der Waals surface area contributed by atoms with E-state index in [-0.39, 0.29) is 22.5 Å². The lowest BCUT2D eigenvalue weighted by Crippen LogP contribution is -2.17. The van der Waals surface area contributed by atoms with Gasteiger partial charge in [-0.05, 0) is 29.8 Å². The van der Waals surface area contributed by atoms with Crippen LogP contribution in [0, 0.1) is 10.1 Å². The van der Waals surface area contributed by atoms with Gasteiger partial charge in [0.15, 0.2) is 0 Å². The molecule has 9 heteroatoms. The normalized spacial score (nSPS) is 10.3. The van der Waals surface area contributed by atoms with Crippen molar-refractivity contribution in [3.05, 3.63) is 99.6 Å². The molecule has 0 saturated carbocycles. The molecule has 3 rings (SSSR count). The molecule has 0 unspecified atom stereocenters. The van der Waals surface area contributed by atoms with Gasteiger partial charge in [-0.3, -0.25) is 14.9 Å². The molecule has 0 aliphatic carbocycles. The number of nitrogens with zero attached hydrogens (tertiary/aromatic N) is 2. The summed E-state index contributed by atoms with van der Waals surface area (Å²) >= 11 is 0. The minimum atomic E-state index is -0.546. The first-order valence-corrected chi connectivity index (χ1v) is 8.60. The van der Waals surface area contributed by atoms with Crippen LogP contribution in [0.3, 0.4) is 0 Å². The number of rotatable bonds is 7. The average Bonchev–Trinajstić information content (AvgIpc) is 2.74. The molecule has 9 nitrogen and oxygen atoms in total. The Balaban J connectivity index is 0.00000320. The van der Waals surface area contributed by atoms with E-state index in [0.29, 0.717) is 17.9 Å². The van der Waals surface area contributed by atoms with Gasteiger partial charge in [-0.15, -0.1) is 0 Å². The maximum atomic E-state index is 12.0. The summed E-state index contributed by atoms with van der Waals surface area (Å²) in [5, 5.41) is 24.5. The van der Waals surface area contributed by atoms with Crippen LogP contribution in [0.1, 0.15) is 21.5 Å². The van der Waals surface area contributed by atoms with Gasteiger partial charge >= 0.3 is 0 Å². The highest BCUT2D eigenvalue weighted by Crippen LogP contribution is 2.23. The number of phenolic OH excluding ortho intramolecular Hbond substituents is 1. The van der Waals surface area contributed by atoms with Gasteiger partial charge in [-0.1, -0.05) is 30.3 Å². The third-order valence-corrected chi connectivity index (χ3v) is 3.96. The monoisotopic (exact) mass is 409 g/mol. The highest BCUT2D eigenvalue weighted by molar-refractivity contribution is 5.95. The zero-order chi connectivity index (χ0) is 20.6. The molecule has 154 valence electrons. The van der Waals surface area contributed by atoms with Crippen molar-refractivity contribution in [3.8, 4) is 11.5 Å². The van der Waals surface area contributed by atoms with Crippen molar-refractivity contribution in [3.63, 3.8) is 0 Å². The molecule has 0 saturated heterocycles. The summed E-state index contributed by atoms with van der Waals surface area (Å²) in [5.74, 6) is -0.0826. The van der Waals surface area contributed by atoms with Crippen molar-refractivity contribution in [2.75, 3.05) is 0 Å². The Labute approximate surface area is 171 Å². The fourth-order valence-corrected chi connectivity index (χ4v) is 2.42. The van der Waals surface area contributed by atoms with Crippen molar-refractivity contribution >= 4 is 17.8 Å². The smallest absolute Gasteiger partial charge is 0.271 e. The third kappa shape index (κ3) is 5.88. The average molecular weight is 409 g/mol. The highest BCUT2D eigenvalue weighted by atomic mass is 16.6. The van der Waals surface area contributed by atoms with Crippen molar-refractivity contribution in [2.24, 2.45) is 5.10 Å². The van der Waals surface area contributed by atoms with E-state index in [4.69, 9.17) is 4.74 Å². The van der Waals surface area contributed by atoms with Gasteiger partial charge < -0.3 is 15.3 Å². The summed E-state index contributed by atoms with van der Waals surface area (Å²) in [5.41, 5.74) is 3.82. The molecule has 30 heavy (non-hydrogen) atoms. The predicted molar refractivity (Wildman–Crippen MR) is 111 cm³/mol. The van der Waals surface area contributed by atoms with Gasteiger partial charge in [0.2, 0.25) is 0 Å². The van der Waals surface area contributed by atoms with Crippen LogP contribution in [0.4, 0.5) is 5.69 Å². The lowest BCUT2D eigenvalue weighted by molar-refractivity contribution is -0.384. The van der Waals surface area contributed by atoms with Gasteiger partial charge in [0.25, 0.3) is 11.6 Å². The highest BCUT2D eigenvalue weighted by Gasteiger charge is 2.09. The van der Waals surface area contributed by atoms with E-state index in [1.165, 1.54) is 36.5 Å². The van der Waals surface area contributed by atoms with Gasteiger partial charge in [0.05, 0.1) is 11.1 Å². The number of hydrogen-bond acceptors (Lipinski definition) is 6. The number of nitro benzene ring substituents is 1. The molecule has 0 radical (unpaired) electrons. The molecule has 0 atom stereocenters. The number of non-ortho nitro benzene ring substituents is 1. The van der Waals surface area contributed by atoms with Crippen molar-refractivity contribution in [2.45, 2.75) is 6.61 Å². The summed E-state index contributed by atoms with van der Waals surface area (Å²) < 4.78 is 5.63. The lowest BCUT2D eigenvalue weighted by Gasteiger charge is -2.07. The molecule has 3 aromatic carbocycles. The Hall–Kier alpha value is -4.24. The van der Waals surface area contributed by atoms with Gasteiger partial charge in [-0.25, -0.2) is 5.43 Å². The van der Waals surface area contributed by atoms with Crippen LogP contribution >= 0.6 is 0 Å². The van der Waals surface area contributed by atoms with E-state index in [1.807, 2.05) is 30.3 Å². The number of carbonyl (C=O) groups is 1. The first-order valence-electron chi connectivity index (χ1n) is 8.60. The lowest BCUT2D eigenvalue weighted by atomic mass is 10.2. The molecule has 0 aliphatic rings. The molecule has 0 fully saturated rings. The minimum Gasteiger partial charge on any atom is -0.507 e. The fourth-order valence-electron chi connectivity index (χ4n) is 2.42. The molecular weight excluding hydrogens is 390 g/mol. The van der Waals surface area contributed by atoms with Gasteiger partial charge in [-0.2, -0.15) is 5.10 Å². The molecular formula is C21H19N3O6. The maximum Gasteiger partial charge on any atom is 0.271 e. The molecule has 1 amide bonds. The largest absolute Gasteiger partial charge is 0.507 e. The van der Waals surface area contributed by atoms with Crippen LogP contribution in [-0.2, 0) is 6.61 Å². The van der Waals surface area contributed by atoms with Gasteiger partial charge in [0, 0.05) is 29.3 Å². The molecule has 0 bridgehead atoms. The van der Waals surface area contributed by atoms with Gasteiger partial charge in [0.1, 0.15) is 18.1 Å². The quantitative estimate of drug-likeness (QED) is 0.350. The summed E-state index contributed by atoms with van der Waals surface area (Å²) in [6, 6.07) is 19.5. The second kappa shape index (κ2) is 10.3. The van der Waals surface area contributed by atoms with Crippen LogP contribution < -0.4 is 10.2 Å². The third-order valence-electron chi connectivity index (χ3n) is 3.96. The number of benzene rings is 3. The number of hydrogen-bond donors (Lipinski definition) is 2. The van der Waals surface area contributed by atoms with E-state index in [2.05, 4.69) is 10.5 Å². The summed E-state index contributed by atoms with van der Waals surface area (Å²) in [7, 11) is 0. The van der Waals surface area contributed by atoms with Crippen molar-refractivity contribution < 1.29 is 25.0 Å². The molecule has 0 heterocycles. The SMILES string of the molecule is O.O=C(N/N=C/c1ccc(OCc2ccccc2)cc1O)c1ccc([N+](=O)[O-])cc1. The van der Waals surface area contributed by atoms with E-state index in [1.54, 1.807) is 12.1 Å². The zero-order valence-electron chi connectivity index (χ0n) is 15.7. The number of amides is 1. The Bertz CT molecular complexity index is 1040. The first kappa shape index (κ1) is 22.1. The van der Waals surface area contributed by atoms with Crippen LogP contribution in [-0.4, -0.2) is 27.6 Å². The topological polar surface area (TPSA) is 146 Å². The second-order valence-corrected chi connectivity index (χ2v) is 6.00. The van der Waals surface area contributed by atoms with Crippen LogP contribution in [0.2, 0.25) is 0 Å². The number of aromatic hydroxyl groups is 1. The zero-order valence-corrected chi connectivity index (χ0v) is 15.7. The van der Waals surface area contributed by atoms with E-state index in [0.717, 1.165) is 5.56 Å². The van der Waals surface area contributed by atoms with Crippen LogP contribution in [0.5, 0.6) is 11.5 Å². The number of nitrogens with one attached hydrogen (secondary N) is 1. The molecule has 3 aromatic rings.